The van der Waals surface area contributed by atoms with E-state index in [1.54, 1.807) is 0 Å². The summed E-state index contributed by atoms with van der Waals surface area (Å²) in [5.41, 5.74) is -1.46. The van der Waals surface area contributed by atoms with Gasteiger partial charge in [-0.15, -0.1) is 0 Å². The third-order valence-electron chi connectivity index (χ3n) is 4.94. The zero-order valence-corrected chi connectivity index (χ0v) is 16.6. The molecule has 0 aliphatic heterocycles. The van der Waals surface area contributed by atoms with Gasteiger partial charge in [0.15, 0.2) is 5.58 Å². The summed E-state index contributed by atoms with van der Waals surface area (Å²) in [7, 11) is 0. The maximum absolute atomic E-state index is 13.8. The van der Waals surface area contributed by atoms with Crippen molar-refractivity contribution >= 4 is 22.6 Å². The molecule has 0 saturated heterocycles. The molecule has 0 radical (unpaired) electrons. The van der Waals surface area contributed by atoms with Gasteiger partial charge in [0, 0.05) is 5.02 Å². The highest BCUT2D eigenvalue weighted by atomic mass is 35.5. The summed E-state index contributed by atoms with van der Waals surface area (Å²) in [5.74, 6) is -1.61. The van der Waals surface area contributed by atoms with Crippen LogP contribution in [0.3, 0.4) is 0 Å². The second kappa shape index (κ2) is 8.08. The van der Waals surface area contributed by atoms with Crippen molar-refractivity contribution < 1.29 is 27.6 Å². The number of phenolic OH excluding ortho intramolecular Hbond substituents is 1. The number of nitrogens with one attached hydrogen (secondary N) is 1. The fraction of sp³-hybridized carbons (Fsp3) is 0.286. The van der Waals surface area contributed by atoms with E-state index in [0.717, 1.165) is 4.90 Å². The zero-order valence-electron chi connectivity index (χ0n) is 15.9. The molecule has 0 spiro atoms. The molecule has 0 aliphatic carbocycles. The lowest BCUT2D eigenvalue weighted by Crippen LogP contribution is -3.10. The molecule has 8 heteroatoms. The van der Waals surface area contributed by atoms with E-state index >= 15 is 0 Å². The Kier molecular flexibility index (Phi) is 5.91. The molecule has 0 atom stereocenters. The van der Waals surface area contributed by atoms with Crippen molar-refractivity contribution in [3.8, 4) is 16.9 Å². The maximum Gasteiger partial charge on any atom is 0.450 e. The number of aromatic hydroxyl groups is 1. The van der Waals surface area contributed by atoms with E-state index in [1.165, 1.54) is 36.4 Å². The lowest BCUT2D eigenvalue weighted by Gasteiger charge is -2.18. The number of hydrogen-bond acceptors (Lipinski definition) is 3. The average molecular weight is 427 g/mol. The van der Waals surface area contributed by atoms with Crippen molar-refractivity contribution in [3.63, 3.8) is 0 Å². The Balaban J connectivity index is 2.39. The van der Waals surface area contributed by atoms with Crippen molar-refractivity contribution in [2.24, 2.45) is 0 Å². The van der Waals surface area contributed by atoms with Crippen molar-refractivity contribution in [3.05, 3.63) is 63.0 Å². The van der Waals surface area contributed by atoms with Gasteiger partial charge in [-0.05, 0) is 43.7 Å². The van der Waals surface area contributed by atoms with Gasteiger partial charge in [-0.25, -0.2) is 0 Å². The van der Waals surface area contributed by atoms with Gasteiger partial charge in [-0.1, -0.05) is 23.7 Å². The molecule has 3 aromatic rings. The monoisotopic (exact) mass is 426 g/mol. The first kappa shape index (κ1) is 21.2. The highest BCUT2D eigenvalue weighted by Crippen LogP contribution is 2.39. The smallest absolute Gasteiger partial charge is 0.450 e. The molecule has 4 nitrogen and oxygen atoms in total. The highest BCUT2D eigenvalue weighted by molar-refractivity contribution is 6.30. The third-order valence-corrected chi connectivity index (χ3v) is 5.17. The second-order valence-electron chi connectivity index (χ2n) is 6.72. The summed E-state index contributed by atoms with van der Waals surface area (Å²) >= 11 is 5.92. The number of rotatable bonds is 5. The minimum Gasteiger partial charge on any atom is -0.507 e. The predicted octanol–water partition coefficient (Wildman–Crippen LogP) is 4.26. The standard InChI is InChI=1S/C21H19ClF3NO3/c1-3-26(4-2)11-15-16(27)9-8-14-18(28)17(12-6-5-7-13(22)10-12)20(21(23,24)25)29-19(14)15/h5-10,27H,3-4,11H2,1-2H3/p+1. The Morgan fingerprint density at radius 2 is 1.83 bits per heavy atom. The quantitative estimate of drug-likeness (QED) is 0.641. The minimum absolute atomic E-state index is 0.0180. The van der Waals surface area contributed by atoms with Crippen LogP contribution >= 0.6 is 11.6 Å². The Morgan fingerprint density at radius 3 is 2.41 bits per heavy atom. The molecule has 0 unspecified atom stereocenters. The molecule has 154 valence electrons. The van der Waals surface area contributed by atoms with Gasteiger partial charge in [0.2, 0.25) is 11.2 Å². The van der Waals surface area contributed by atoms with Crippen LogP contribution < -0.4 is 10.3 Å². The van der Waals surface area contributed by atoms with E-state index in [0.29, 0.717) is 13.1 Å². The Morgan fingerprint density at radius 1 is 1.14 bits per heavy atom. The van der Waals surface area contributed by atoms with Gasteiger partial charge in [-0.2, -0.15) is 13.2 Å². The van der Waals surface area contributed by atoms with Gasteiger partial charge < -0.3 is 14.4 Å². The molecular weight excluding hydrogens is 407 g/mol. The first-order valence-electron chi connectivity index (χ1n) is 9.15. The van der Waals surface area contributed by atoms with Gasteiger partial charge in [0.25, 0.3) is 0 Å². The highest BCUT2D eigenvalue weighted by Gasteiger charge is 2.40. The maximum atomic E-state index is 13.8. The average Bonchev–Trinajstić information content (AvgIpc) is 2.66. The molecular formula is C21H20ClF3NO3+. The van der Waals surface area contributed by atoms with Crippen LogP contribution in [0.25, 0.3) is 22.1 Å². The normalized spacial score (nSPS) is 12.1. The lowest BCUT2D eigenvalue weighted by molar-refractivity contribution is -0.910. The van der Waals surface area contributed by atoms with E-state index in [4.69, 9.17) is 16.0 Å². The SMILES string of the molecule is CC[NH+](CC)Cc1c(O)ccc2c(=O)c(-c3cccc(Cl)c3)c(C(F)(F)F)oc12. The summed E-state index contributed by atoms with van der Waals surface area (Å²) in [4.78, 5) is 14.1. The van der Waals surface area contributed by atoms with Crippen LogP contribution in [0.15, 0.2) is 45.6 Å². The van der Waals surface area contributed by atoms with Crippen molar-refractivity contribution in [2.75, 3.05) is 13.1 Å². The Bertz CT molecular complexity index is 1100. The summed E-state index contributed by atoms with van der Waals surface area (Å²) < 4.78 is 46.8. The molecule has 1 aromatic heterocycles. The number of fused-ring (bicyclic) bond motifs is 1. The number of hydrogen-bond donors (Lipinski definition) is 2. The summed E-state index contributed by atoms with van der Waals surface area (Å²) in [5, 5.41) is 10.5. The molecule has 2 N–H and O–H groups in total. The van der Waals surface area contributed by atoms with Crippen LogP contribution in [0.1, 0.15) is 25.2 Å². The molecule has 0 fully saturated rings. The van der Waals surface area contributed by atoms with Crippen LogP contribution in [-0.2, 0) is 12.7 Å². The molecule has 29 heavy (non-hydrogen) atoms. The number of phenols is 1. The van der Waals surface area contributed by atoms with Crippen molar-refractivity contribution in [1.29, 1.82) is 0 Å². The number of alkyl halides is 3. The van der Waals surface area contributed by atoms with Gasteiger partial charge in [-0.3, -0.25) is 4.79 Å². The predicted molar refractivity (Wildman–Crippen MR) is 105 cm³/mol. The minimum atomic E-state index is -4.91. The van der Waals surface area contributed by atoms with E-state index in [1.807, 2.05) is 13.8 Å². The van der Waals surface area contributed by atoms with Crippen LogP contribution in [0, 0.1) is 0 Å². The number of benzene rings is 2. The fourth-order valence-electron chi connectivity index (χ4n) is 3.33. The van der Waals surface area contributed by atoms with Gasteiger partial charge in [0.1, 0.15) is 12.3 Å². The first-order valence-corrected chi connectivity index (χ1v) is 9.53. The van der Waals surface area contributed by atoms with Gasteiger partial charge in [0.05, 0.1) is 29.6 Å². The number of halogens is 4. The molecule has 0 bridgehead atoms. The van der Waals surface area contributed by atoms with E-state index in [-0.39, 0.29) is 39.4 Å². The molecule has 0 amide bonds. The van der Waals surface area contributed by atoms with Crippen LogP contribution in [-0.4, -0.2) is 18.2 Å². The van der Waals surface area contributed by atoms with E-state index < -0.39 is 22.9 Å². The lowest BCUT2D eigenvalue weighted by atomic mass is 10.00. The first-order chi connectivity index (χ1) is 13.7. The number of quaternary nitrogens is 1. The van der Waals surface area contributed by atoms with Crippen LogP contribution in [0.4, 0.5) is 13.2 Å². The Hall–Kier alpha value is -2.51. The van der Waals surface area contributed by atoms with E-state index in [9.17, 15) is 23.1 Å². The largest absolute Gasteiger partial charge is 0.507 e. The van der Waals surface area contributed by atoms with Crippen LogP contribution in [0.2, 0.25) is 5.02 Å². The fourth-order valence-corrected chi connectivity index (χ4v) is 3.52. The molecule has 3 rings (SSSR count). The summed E-state index contributed by atoms with van der Waals surface area (Å²) in [6.45, 7) is 5.48. The summed E-state index contributed by atoms with van der Waals surface area (Å²) in [6.07, 6.45) is -4.91. The molecule has 1 heterocycles. The van der Waals surface area contributed by atoms with Gasteiger partial charge >= 0.3 is 6.18 Å². The molecule has 0 aliphatic rings. The zero-order chi connectivity index (χ0) is 21.3. The summed E-state index contributed by atoms with van der Waals surface area (Å²) in [6, 6.07) is 8.23. The topological polar surface area (TPSA) is 54.9 Å². The second-order valence-corrected chi connectivity index (χ2v) is 7.15. The third kappa shape index (κ3) is 4.11. The molecule has 2 aromatic carbocycles. The van der Waals surface area contributed by atoms with E-state index in [2.05, 4.69) is 0 Å². The van der Waals surface area contributed by atoms with Crippen molar-refractivity contribution in [2.45, 2.75) is 26.6 Å². The molecule has 0 saturated carbocycles. The Labute approximate surface area is 170 Å². The van der Waals surface area contributed by atoms with Crippen molar-refractivity contribution in [1.82, 2.24) is 0 Å². The van der Waals surface area contributed by atoms with Crippen LogP contribution in [0.5, 0.6) is 5.75 Å².